The predicted molar refractivity (Wildman–Crippen MR) is 91.5 cm³/mol. The van der Waals surface area contributed by atoms with Crippen molar-refractivity contribution in [3.05, 3.63) is 64.1 Å². The molecule has 0 N–H and O–H groups in total. The summed E-state index contributed by atoms with van der Waals surface area (Å²) in [6.45, 7) is 1.57. The van der Waals surface area contributed by atoms with Crippen LogP contribution in [0, 0.1) is 0 Å². The number of amides is 2. The zero-order valence-corrected chi connectivity index (χ0v) is 13.8. The molecule has 1 atom stereocenters. The Morgan fingerprint density at radius 2 is 1.78 bits per heavy atom. The number of hydrogen-bond acceptors (Lipinski definition) is 2. The van der Waals surface area contributed by atoms with Gasteiger partial charge < -0.3 is 0 Å². The van der Waals surface area contributed by atoms with Crippen molar-refractivity contribution in [1.29, 1.82) is 0 Å². The summed E-state index contributed by atoms with van der Waals surface area (Å²) < 4.78 is 0. The highest BCUT2D eigenvalue weighted by atomic mass is 35.5. The van der Waals surface area contributed by atoms with Crippen LogP contribution in [0.5, 0.6) is 0 Å². The average Bonchev–Trinajstić information content (AvgIpc) is 3.11. The van der Waals surface area contributed by atoms with Gasteiger partial charge in [0.1, 0.15) is 6.17 Å². The third-order valence-electron chi connectivity index (χ3n) is 4.30. The Morgan fingerprint density at radius 3 is 2.52 bits per heavy atom. The highest BCUT2D eigenvalue weighted by Gasteiger charge is 2.48. The van der Waals surface area contributed by atoms with Gasteiger partial charge in [-0.1, -0.05) is 47.5 Å². The molecule has 2 fully saturated rings. The number of carbonyl (C=O) groups excluding carboxylic acids is 1. The summed E-state index contributed by atoms with van der Waals surface area (Å²) in [7, 11) is 0. The lowest BCUT2D eigenvalue weighted by Gasteiger charge is -2.28. The Hall–Kier alpha value is -1.75. The molecule has 0 saturated carbocycles. The fraction of sp³-hybridized carbons (Fsp3) is 0.235. The van der Waals surface area contributed by atoms with E-state index >= 15 is 0 Å². The largest absolute Gasteiger partial charge is 0.340 e. The number of urea groups is 1. The molecule has 0 aliphatic carbocycles. The molecule has 6 heteroatoms. The molecule has 0 bridgehead atoms. The smallest absolute Gasteiger partial charge is 0.271 e. The van der Waals surface area contributed by atoms with Gasteiger partial charge in [-0.15, -0.1) is 0 Å². The molecule has 4 nitrogen and oxygen atoms in total. The van der Waals surface area contributed by atoms with E-state index in [1.54, 1.807) is 11.0 Å². The lowest BCUT2D eigenvalue weighted by Crippen LogP contribution is -2.32. The van der Waals surface area contributed by atoms with Gasteiger partial charge in [0.25, 0.3) is 0 Å². The molecular formula is C17H15Cl2N3O. The van der Waals surface area contributed by atoms with Crippen molar-refractivity contribution in [2.24, 2.45) is 0 Å². The summed E-state index contributed by atoms with van der Waals surface area (Å²) in [5.41, 5.74) is 1.75. The highest BCUT2D eigenvalue weighted by Crippen LogP contribution is 2.42. The van der Waals surface area contributed by atoms with Crippen LogP contribution >= 0.6 is 23.2 Å². The number of rotatable bonds is 2. The minimum absolute atomic E-state index is 0.00952. The molecule has 0 radical (unpaired) electrons. The second-order valence-corrected chi connectivity index (χ2v) is 6.51. The number of nitrogens with zero attached hydrogens (tertiary/aromatic N) is 3. The molecule has 23 heavy (non-hydrogen) atoms. The van der Waals surface area contributed by atoms with Crippen LogP contribution in [0.4, 0.5) is 10.5 Å². The molecule has 4 rings (SSSR count). The summed E-state index contributed by atoms with van der Waals surface area (Å²) in [5.74, 6) is 0. The predicted octanol–water partition coefficient (Wildman–Crippen LogP) is 4.55. The van der Waals surface area contributed by atoms with Gasteiger partial charge in [0, 0.05) is 34.4 Å². The Labute approximate surface area is 144 Å². The van der Waals surface area contributed by atoms with Crippen molar-refractivity contribution in [2.45, 2.75) is 12.6 Å². The van der Waals surface area contributed by atoms with E-state index in [1.165, 1.54) is 0 Å². The summed E-state index contributed by atoms with van der Waals surface area (Å²) >= 11 is 12.5. The van der Waals surface area contributed by atoms with Crippen molar-refractivity contribution < 1.29 is 4.79 Å². The molecule has 1 unspecified atom stereocenters. The Kier molecular flexibility index (Phi) is 3.68. The quantitative estimate of drug-likeness (QED) is 0.796. The van der Waals surface area contributed by atoms with Crippen LogP contribution in [-0.2, 0) is 0 Å². The normalized spacial score (nSPS) is 21.1. The first-order chi connectivity index (χ1) is 11.2. The van der Waals surface area contributed by atoms with E-state index in [0.717, 1.165) is 30.8 Å². The molecule has 0 spiro atoms. The van der Waals surface area contributed by atoms with Gasteiger partial charge in [-0.25, -0.2) is 4.79 Å². The number of carbonyl (C=O) groups is 1. The second-order valence-electron chi connectivity index (χ2n) is 5.67. The minimum Gasteiger partial charge on any atom is -0.271 e. The first kappa shape index (κ1) is 14.8. The maximum Gasteiger partial charge on any atom is 0.340 e. The van der Waals surface area contributed by atoms with E-state index in [2.05, 4.69) is 5.01 Å². The SMILES string of the molecule is O=C1N(c2ccccc2)C(c2ccc(Cl)cc2Cl)N2CCCN12. The summed E-state index contributed by atoms with van der Waals surface area (Å²) in [4.78, 5) is 14.7. The van der Waals surface area contributed by atoms with Crippen LogP contribution in [0.25, 0.3) is 0 Å². The van der Waals surface area contributed by atoms with Crippen LogP contribution in [0.1, 0.15) is 18.2 Å². The molecule has 2 heterocycles. The summed E-state index contributed by atoms with van der Waals surface area (Å²) in [5, 5.41) is 5.06. The van der Waals surface area contributed by atoms with Gasteiger partial charge in [-0.2, -0.15) is 5.01 Å². The minimum atomic E-state index is -0.239. The van der Waals surface area contributed by atoms with Gasteiger partial charge in [-0.3, -0.25) is 9.91 Å². The fourth-order valence-electron chi connectivity index (χ4n) is 3.30. The second kappa shape index (κ2) is 5.71. The van der Waals surface area contributed by atoms with Gasteiger partial charge in [0.15, 0.2) is 0 Å². The topological polar surface area (TPSA) is 26.8 Å². The van der Waals surface area contributed by atoms with E-state index in [1.807, 2.05) is 47.5 Å². The van der Waals surface area contributed by atoms with E-state index < -0.39 is 0 Å². The molecule has 2 aliphatic rings. The van der Waals surface area contributed by atoms with E-state index in [4.69, 9.17) is 23.2 Å². The van der Waals surface area contributed by atoms with Gasteiger partial charge in [-0.05, 0) is 30.7 Å². The number of halogens is 2. The molecule has 2 saturated heterocycles. The maximum absolute atomic E-state index is 12.9. The maximum atomic E-state index is 12.9. The summed E-state index contributed by atoms with van der Waals surface area (Å²) in [6.07, 6.45) is 0.730. The highest BCUT2D eigenvalue weighted by molar-refractivity contribution is 6.35. The van der Waals surface area contributed by atoms with E-state index in [-0.39, 0.29) is 12.2 Å². The molecule has 0 aromatic heterocycles. The van der Waals surface area contributed by atoms with Gasteiger partial charge >= 0.3 is 6.03 Å². The lowest BCUT2D eigenvalue weighted by atomic mass is 10.1. The zero-order valence-electron chi connectivity index (χ0n) is 12.3. The Bertz CT molecular complexity index is 753. The molecule has 2 aromatic carbocycles. The van der Waals surface area contributed by atoms with Crippen molar-refractivity contribution in [3.63, 3.8) is 0 Å². The molecule has 2 amide bonds. The monoisotopic (exact) mass is 347 g/mol. The van der Waals surface area contributed by atoms with E-state index in [0.29, 0.717) is 10.0 Å². The third-order valence-corrected chi connectivity index (χ3v) is 4.86. The number of hydrazine groups is 1. The third kappa shape index (κ3) is 2.38. The van der Waals surface area contributed by atoms with Crippen molar-refractivity contribution in [3.8, 4) is 0 Å². The summed E-state index contributed by atoms with van der Waals surface area (Å²) in [6, 6.07) is 15.1. The molecule has 2 aromatic rings. The van der Waals surface area contributed by atoms with Crippen LogP contribution in [-0.4, -0.2) is 29.1 Å². The zero-order chi connectivity index (χ0) is 16.0. The van der Waals surface area contributed by atoms with Crippen LogP contribution < -0.4 is 4.90 Å². The van der Waals surface area contributed by atoms with Crippen LogP contribution in [0.3, 0.4) is 0 Å². The standard InChI is InChI=1S/C17H15Cl2N3O/c18-12-7-8-14(15(19)11-12)16-20-9-4-10-21(20)17(23)22(16)13-5-2-1-3-6-13/h1-3,5-8,11,16H,4,9-10H2. The first-order valence-corrected chi connectivity index (χ1v) is 8.30. The fourth-order valence-corrected chi connectivity index (χ4v) is 3.81. The molecule has 118 valence electrons. The van der Waals surface area contributed by atoms with Crippen LogP contribution in [0.2, 0.25) is 10.0 Å². The number of anilines is 1. The van der Waals surface area contributed by atoms with E-state index in [9.17, 15) is 4.79 Å². The van der Waals surface area contributed by atoms with Crippen LogP contribution in [0.15, 0.2) is 48.5 Å². The van der Waals surface area contributed by atoms with Gasteiger partial charge in [0.05, 0.1) is 0 Å². The number of fused-ring (bicyclic) bond motifs is 1. The molecular weight excluding hydrogens is 333 g/mol. The Morgan fingerprint density at radius 1 is 1.00 bits per heavy atom. The van der Waals surface area contributed by atoms with Crippen molar-refractivity contribution in [1.82, 2.24) is 10.0 Å². The average molecular weight is 348 g/mol. The van der Waals surface area contributed by atoms with Crippen molar-refractivity contribution >= 4 is 34.9 Å². The number of hydrogen-bond donors (Lipinski definition) is 0. The van der Waals surface area contributed by atoms with Crippen molar-refractivity contribution in [2.75, 3.05) is 18.0 Å². The Balaban J connectivity index is 1.84. The van der Waals surface area contributed by atoms with Gasteiger partial charge in [0.2, 0.25) is 0 Å². The lowest BCUT2D eigenvalue weighted by molar-refractivity contribution is 0.0728. The number of para-hydroxylation sites is 1. The number of benzene rings is 2. The first-order valence-electron chi connectivity index (χ1n) is 7.54. The molecule has 2 aliphatic heterocycles.